The van der Waals surface area contributed by atoms with E-state index in [4.69, 9.17) is 4.74 Å². The molecule has 2 aromatic rings. The highest BCUT2D eigenvalue weighted by atomic mass is 16.5. The first-order valence-electron chi connectivity index (χ1n) is 6.98. The van der Waals surface area contributed by atoms with Crippen LogP contribution in [-0.4, -0.2) is 31.8 Å². The molecule has 0 N–H and O–H groups in total. The molecule has 0 bridgehead atoms. The van der Waals surface area contributed by atoms with Crippen molar-refractivity contribution in [2.24, 2.45) is 4.99 Å². The quantitative estimate of drug-likeness (QED) is 0.576. The molecular formula is C18H19NO2. The maximum Gasteiger partial charge on any atom is 0.191 e. The van der Waals surface area contributed by atoms with Crippen LogP contribution in [0.2, 0.25) is 0 Å². The van der Waals surface area contributed by atoms with Gasteiger partial charge in [0.1, 0.15) is 6.10 Å². The number of aliphatic imine (C=N–C) groups is 1. The van der Waals surface area contributed by atoms with E-state index in [2.05, 4.69) is 4.99 Å². The third kappa shape index (κ3) is 4.65. The van der Waals surface area contributed by atoms with Crippen LogP contribution in [-0.2, 0) is 4.74 Å². The van der Waals surface area contributed by atoms with Crippen molar-refractivity contribution < 1.29 is 9.53 Å². The van der Waals surface area contributed by atoms with Gasteiger partial charge in [-0.15, -0.1) is 0 Å². The highest BCUT2D eigenvalue weighted by Crippen LogP contribution is 2.09. The van der Waals surface area contributed by atoms with Gasteiger partial charge in [0, 0.05) is 31.9 Å². The lowest BCUT2D eigenvalue weighted by Gasteiger charge is -2.12. The van der Waals surface area contributed by atoms with Gasteiger partial charge >= 0.3 is 0 Å². The van der Waals surface area contributed by atoms with E-state index in [1.807, 2.05) is 66.9 Å². The van der Waals surface area contributed by atoms with Crippen LogP contribution in [0.4, 0.5) is 0 Å². The van der Waals surface area contributed by atoms with E-state index in [1.54, 1.807) is 7.11 Å². The second-order valence-corrected chi connectivity index (χ2v) is 4.69. The first kappa shape index (κ1) is 15.1. The fourth-order valence-electron chi connectivity index (χ4n) is 2.05. The Morgan fingerprint density at radius 2 is 1.71 bits per heavy atom. The van der Waals surface area contributed by atoms with Gasteiger partial charge < -0.3 is 4.74 Å². The van der Waals surface area contributed by atoms with E-state index in [0.717, 1.165) is 5.56 Å². The van der Waals surface area contributed by atoms with Gasteiger partial charge in [0.15, 0.2) is 5.78 Å². The molecule has 0 amide bonds. The van der Waals surface area contributed by atoms with Crippen LogP contribution in [0.3, 0.4) is 0 Å². The van der Waals surface area contributed by atoms with Crippen molar-refractivity contribution in [3.8, 4) is 0 Å². The van der Waals surface area contributed by atoms with Crippen molar-refractivity contribution in [2.75, 3.05) is 13.7 Å². The maximum absolute atomic E-state index is 12.3. The predicted octanol–water partition coefficient (Wildman–Crippen LogP) is 3.39. The smallest absolute Gasteiger partial charge is 0.191 e. The van der Waals surface area contributed by atoms with E-state index in [1.165, 1.54) is 0 Å². The second kappa shape index (κ2) is 8.12. The molecule has 2 aromatic carbocycles. The van der Waals surface area contributed by atoms with Crippen LogP contribution in [0.1, 0.15) is 22.3 Å². The molecule has 0 heterocycles. The van der Waals surface area contributed by atoms with Gasteiger partial charge in [0.2, 0.25) is 0 Å². The van der Waals surface area contributed by atoms with E-state index in [9.17, 15) is 4.79 Å². The zero-order chi connectivity index (χ0) is 14.9. The molecular weight excluding hydrogens is 262 g/mol. The van der Waals surface area contributed by atoms with Gasteiger partial charge in [-0.05, 0) is 5.56 Å². The van der Waals surface area contributed by atoms with Gasteiger partial charge in [-0.1, -0.05) is 60.7 Å². The maximum atomic E-state index is 12.3. The van der Waals surface area contributed by atoms with Gasteiger partial charge in [-0.3, -0.25) is 9.79 Å². The fourth-order valence-corrected chi connectivity index (χ4v) is 2.05. The monoisotopic (exact) mass is 281 g/mol. The topological polar surface area (TPSA) is 38.7 Å². The Kier molecular flexibility index (Phi) is 5.85. The van der Waals surface area contributed by atoms with E-state index >= 15 is 0 Å². The van der Waals surface area contributed by atoms with Gasteiger partial charge in [0.25, 0.3) is 0 Å². The number of ether oxygens (including phenoxy) is 1. The minimum absolute atomic E-state index is 0.00742. The summed E-state index contributed by atoms with van der Waals surface area (Å²) in [5.41, 5.74) is 1.73. The van der Waals surface area contributed by atoms with E-state index in [0.29, 0.717) is 18.5 Å². The Labute approximate surface area is 125 Å². The predicted molar refractivity (Wildman–Crippen MR) is 85.1 cm³/mol. The zero-order valence-electron chi connectivity index (χ0n) is 12.1. The number of benzene rings is 2. The number of Topliss-reactive ketones (excluding diaryl/α,β-unsaturated/α-hetero) is 1. The highest BCUT2D eigenvalue weighted by Gasteiger charge is 2.18. The largest absolute Gasteiger partial charge is 0.373 e. The van der Waals surface area contributed by atoms with Gasteiger partial charge in [0.05, 0.1) is 0 Å². The van der Waals surface area contributed by atoms with Crippen LogP contribution in [0.25, 0.3) is 0 Å². The van der Waals surface area contributed by atoms with E-state index in [-0.39, 0.29) is 5.78 Å². The summed E-state index contributed by atoms with van der Waals surface area (Å²) in [5, 5.41) is 0. The van der Waals surface area contributed by atoms with Crippen LogP contribution in [0.5, 0.6) is 0 Å². The summed E-state index contributed by atoms with van der Waals surface area (Å²) >= 11 is 0. The summed E-state index contributed by atoms with van der Waals surface area (Å²) in [5.74, 6) is 0.00742. The SMILES string of the molecule is COC(CCN=Cc1ccccc1)C(=O)c1ccccc1. The Morgan fingerprint density at radius 1 is 1.10 bits per heavy atom. The molecule has 0 saturated heterocycles. The molecule has 1 atom stereocenters. The number of ketones is 1. The summed E-state index contributed by atoms with van der Waals surface area (Å²) < 4.78 is 5.30. The van der Waals surface area contributed by atoms with Crippen molar-refractivity contribution in [3.63, 3.8) is 0 Å². The molecule has 0 spiro atoms. The summed E-state index contributed by atoms with van der Waals surface area (Å²) in [6.45, 7) is 0.561. The summed E-state index contributed by atoms with van der Waals surface area (Å²) in [4.78, 5) is 16.6. The zero-order valence-corrected chi connectivity index (χ0v) is 12.1. The lowest BCUT2D eigenvalue weighted by atomic mass is 10.0. The summed E-state index contributed by atoms with van der Waals surface area (Å²) in [6, 6.07) is 19.1. The molecule has 0 aromatic heterocycles. The number of nitrogens with zero attached hydrogens (tertiary/aromatic N) is 1. The van der Waals surface area contributed by atoms with Crippen LogP contribution < -0.4 is 0 Å². The highest BCUT2D eigenvalue weighted by molar-refractivity contribution is 5.99. The standard InChI is InChI=1S/C18H19NO2/c1-21-17(18(20)16-10-6-3-7-11-16)12-13-19-14-15-8-4-2-5-9-15/h2-11,14,17H,12-13H2,1H3. The lowest BCUT2D eigenvalue weighted by Crippen LogP contribution is -2.24. The molecule has 2 rings (SSSR count). The van der Waals surface area contributed by atoms with Crippen LogP contribution in [0.15, 0.2) is 65.7 Å². The number of methoxy groups -OCH3 is 1. The summed E-state index contributed by atoms with van der Waals surface area (Å²) in [7, 11) is 1.56. The Balaban J connectivity index is 1.88. The van der Waals surface area contributed by atoms with Crippen molar-refractivity contribution >= 4 is 12.0 Å². The van der Waals surface area contributed by atoms with Gasteiger partial charge in [-0.2, -0.15) is 0 Å². The molecule has 0 saturated carbocycles. The Morgan fingerprint density at radius 3 is 2.33 bits per heavy atom. The van der Waals surface area contributed by atoms with Crippen LogP contribution in [0, 0.1) is 0 Å². The van der Waals surface area contributed by atoms with Crippen molar-refractivity contribution in [3.05, 3.63) is 71.8 Å². The minimum atomic E-state index is -0.444. The number of carbonyl (C=O) groups excluding carboxylic acids is 1. The van der Waals surface area contributed by atoms with Crippen molar-refractivity contribution in [1.29, 1.82) is 0 Å². The number of hydrogen-bond donors (Lipinski definition) is 0. The van der Waals surface area contributed by atoms with Crippen molar-refractivity contribution in [2.45, 2.75) is 12.5 Å². The number of hydrogen-bond acceptors (Lipinski definition) is 3. The molecule has 0 aliphatic heterocycles. The molecule has 3 nitrogen and oxygen atoms in total. The Bertz CT molecular complexity index is 579. The van der Waals surface area contributed by atoms with Gasteiger partial charge in [-0.25, -0.2) is 0 Å². The third-order valence-corrected chi connectivity index (χ3v) is 3.20. The lowest BCUT2D eigenvalue weighted by molar-refractivity contribution is 0.0588. The molecule has 108 valence electrons. The first-order valence-corrected chi connectivity index (χ1v) is 6.98. The van der Waals surface area contributed by atoms with Crippen LogP contribution >= 0.6 is 0 Å². The Hall–Kier alpha value is -2.26. The molecule has 0 aliphatic carbocycles. The number of carbonyl (C=O) groups is 1. The fraction of sp³-hybridized carbons (Fsp3) is 0.222. The first-order chi connectivity index (χ1) is 10.3. The average molecular weight is 281 g/mol. The molecule has 21 heavy (non-hydrogen) atoms. The normalized spacial score (nSPS) is 12.4. The molecule has 0 radical (unpaired) electrons. The number of rotatable bonds is 7. The summed E-state index contributed by atoms with van der Waals surface area (Å²) in [6.07, 6.45) is 1.95. The van der Waals surface area contributed by atoms with Crippen molar-refractivity contribution in [1.82, 2.24) is 0 Å². The molecule has 3 heteroatoms. The molecule has 0 fully saturated rings. The van der Waals surface area contributed by atoms with E-state index < -0.39 is 6.10 Å². The third-order valence-electron chi connectivity index (χ3n) is 3.20. The minimum Gasteiger partial charge on any atom is -0.373 e. The second-order valence-electron chi connectivity index (χ2n) is 4.69. The molecule has 0 aliphatic rings. The molecule has 1 unspecified atom stereocenters. The average Bonchev–Trinajstić information content (AvgIpc) is 2.56.